The number of hydrogen-bond donors (Lipinski definition) is 0. The molecule has 0 aromatic heterocycles. The van der Waals surface area contributed by atoms with Crippen LogP contribution in [0.15, 0.2) is 145 Å². The predicted molar refractivity (Wildman–Crippen MR) is 196 cm³/mol. The minimum Gasteiger partial charge on any atom is -0.473 e. The zero-order chi connectivity index (χ0) is 33.3. The molecular formula is C46H34F2O. The van der Waals surface area contributed by atoms with Crippen LogP contribution >= 0.6 is 0 Å². The number of fused-ring (bicyclic) bond motifs is 8. The van der Waals surface area contributed by atoms with Crippen molar-refractivity contribution in [2.24, 2.45) is 0 Å². The number of halogens is 2. The van der Waals surface area contributed by atoms with Crippen molar-refractivity contribution in [1.82, 2.24) is 0 Å². The van der Waals surface area contributed by atoms with E-state index in [4.69, 9.17) is 4.74 Å². The Hall–Kier alpha value is -5.54. The molecule has 6 aromatic rings. The first-order valence-corrected chi connectivity index (χ1v) is 16.9. The van der Waals surface area contributed by atoms with Crippen molar-refractivity contribution in [3.05, 3.63) is 185 Å². The van der Waals surface area contributed by atoms with Gasteiger partial charge in [0, 0.05) is 21.9 Å². The molecule has 0 N–H and O–H groups in total. The summed E-state index contributed by atoms with van der Waals surface area (Å²) < 4.78 is 37.2. The van der Waals surface area contributed by atoms with E-state index < -0.39 is 11.0 Å². The van der Waals surface area contributed by atoms with Gasteiger partial charge in [0.1, 0.15) is 17.4 Å². The molecule has 1 heterocycles. The van der Waals surface area contributed by atoms with Crippen molar-refractivity contribution in [3.8, 4) is 28.0 Å². The summed E-state index contributed by atoms with van der Waals surface area (Å²) in [5.74, 6) is 0.0732. The molecule has 1 unspecified atom stereocenters. The fourth-order valence-corrected chi connectivity index (χ4v) is 8.43. The third kappa shape index (κ3) is 4.49. The van der Waals surface area contributed by atoms with Crippen molar-refractivity contribution < 1.29 is 13.5 Å². The Morgan fingerprint density at radius 1 is 0.633 bits per heavy atom. The lowest BCUT2D eigenvalue weighted by atomic mass is 9.75. The molecular weight excluding hydrogens is 607 g/mol. The minimum atomic E-state index is -0.898. The predicted octanol–water partition coefficient (Wildman–Crippen LogP) is 12.2. The molecule has 3 heteroatoms. The SMILES string of the molecule is CC1(C)c2cc(F)ccc2-c2c1c1c(c3cc(F)ccc23)OC(C2=CC=C(c3ccccc3-c3ccccc3)CC2)(c2ccccc2)C=C1. The summed E-state index contributed by atoms with van der Waals surface area (Å²) in [6, 6.07) is 39.4. The fourth-order valence-electron chi connectivity index (χ4n) is 8.43. The second-order valence-electron chi connectivity index (χ2n) is 13.8. The topological polar surface area (TPSA) is 9.23 Å². The van der Waals surface area contributed by atoms with Crippen LogP contribution in [-0.4, -0.2) is 0 Å². The van der Waals surface area contributed by atoms with Gasteiger partial charge in [-0.2, -0.15) is 0 Å². The monoisotopic (exact) mass is 640 g/mol. The summed E-state index contributed by atoms with van der Waals surface area (Å²) in [4.78, 5) is 0. The van der Waals surface area contributed by atoms with E-state index in [0.717, 1.165) is 62.6 Å². The van der Waals surface area contributed by atoms with Gasteiger partial charge in [-0.3, -0.25) is 0 Å². The molecule has 0 saturated carbocycles. The molecule has 0 bridgehead atoms. The van der Waals surface area contributed by atoms with Gasteiger partial charge >= 0.3 is 0 Å². The molecule has 0 spiro atoms. The first kappa shape index (κ1) is 29.6. The molecule has 49 heavy (non-hydrogen) atoms. The van der Waals surface area contributed by atoms with Crippen LogP contribution in [-0.2, 0) is 11.0 Å². The molecule has 238 valence electrons. The zero-order valence-corrected chi connectivity index (χ0v) is 27.4. The van der Waals surface area contributed by atoms with Crippen LogP contribution in [0.5, 0.6) is 5.75 Å². The lowest BCUT2D eigenvalue weighted by Gasteiger charge is -2.40. The Balaban J connectivity index is 1.24. The van der Waals surface area contributed by atoms with E-state index in [-0.39, 0.29) is 11.6 Å². The average Bonchev–Trinajstić information content (AvgIpc) is 3.38. The lowest BCUT2D eigenvalue weighted by molar-refractivity contribution is 0.154. The molecule has 1 aliphatic heterocycles. The Morgan fingerprint density at radius 3 is 2.08 bits per heavy atom. The van der Waals surface area contributed by atoms with E-state index in [1.54, 1.807) is 12.1 Å². The van der Waals surface area contributed by atoms with Crippen LogP contribution < -0.4 is 4.74 Å². The van der Waals surface area contributed by atoms with Gasteiger partial charge in [-0.25, -0.2) is 8.78 Å². The second-order valence-corrected chi connectivity index (χ2v) is 13.8. The summed E-state index contributed by atoms with van der Waals surface area (Å²) in [7, 11) is 0. The summed E-state index contributed by atoms with van der Waals surface area (Å²) in [5, 5.41) is 1.62. The molecule has 0 radical (unpaired) electrons. The fraction of sp³-hybridized carbons (Fsp3) is 0.130. The smallest absolute Gasteiger partial charge is 0.174 e. The van der Waals surface area contributed by atoms with E-state index in [1.807, 2.05) is 36.4 Å². The summed E-state index contributed by atoms with van der Waals surface area (Å²) in [6.07, 6.45) is 10.5. The molecule has 3 aliphatic rings. The van der Waals surface area contributed by atoms with Gasteiger partial charge in [0.2, 0.25) is 0 Å². The van der Waals surface area contributed by atoms with E-state index in [2.05, 4.69) is 98.8 Å². The van der Waals surface area contributed by atoms with Crippen LogP contribution in [0.25, 0.3) is 44.7 Å². The third-order valence-electron chi connectivity index (χ3n) is 10.7. The molecule has 0 fully saturated rings. The normalized spacial score (nSPS) is 18.6. The van der Waals surface area contributed by atoms with Crippen LogP contribution in [0.4, 0.5) is 8.78 Å². The number of rotatable bonds is 4. The van der Waals surface area contributed by atoms with Gasteiger partial charge in [0.25, 0.3) is 0 Å². The molecule has 0 amide bonds. The quantitative estimate of drug-likeness (QED) is 0.186. The highest BCUT2D eigenvalue weighted by Crippen LogP contribution is 2.58. The Morgan fingerprint density at radius 2 is 1.33 bits per heavy atom. The largest absolute Gasteiger partial charge is 0.473 e. The zero-order valence-electron chi connectivity index (χ0n) is 27.4. The highest BCUT2D eigenvalue weighted by atomic mass is 19.1. The van der Waals surface area contributed by atoms with Crippen LogP contribution in [0.1, 0.15) is 54.5 Å². The van der Waals surface area contributed by atoms with Gasteiger partial charge < -0.3 is 4.74 Å². The number of ether oxygens (including phenoxy) is 1. The van der Waals surface area contributed by atoms with Gasteiger partial charge in [0.15, 0.2) is 5.60 Å². The van der Waals surface area contributed by atoms with Crippen LogP contribution in [0.2, 0.25) is 0 Å². The van der Waals surface area contributed by atoms with Gasteiger partial charge in [-0.1, -0.05) is 129 Å². The first-order valence-electron chi connectivity index (χ1n) is 16.9. The van der Waals surface area contributed by atoms with E-state index in [1.165, 1.54) is 34.4 Å². The van der Waals surface area contributed by atoms with Gasteiger partial charge in [-0.15, -0.1) is 0 Å². The standard InChI is InChI=1S/C46H34F2O/c1-45(2)41-28-34(48)22-24-38(41)42-37-23-21-33(47)27-40(37)44-39(43(42)45)25-26-46(49-44,31-13-7-4-8-14-31)32-19-17-30(18-20-32)36-16-10-9-15-35(36)29-11-5-3-6-12-29/h3-17,19,21-28H,18,20H2,1-2H3. The van der Waals surface area contributed by atoms with E-state index in [0.29, 0.717) is 5.75 Å². The Kier molecular flexibility index (Phi) is 6.64. The van der Waals surface area contributed by atoms with Crippen LogP contribution in [0, 0.1) is 11.6 Å². The molecule has 9 rings (SSSR count). The Bertz CT molecular complexity index is 2400. The Labute approximate surface area is 285 Å². The number of hydrogen-bond acceptors (Lipinski definition) is 1. The van der Waals surface area contributed by atoms with Crippen molar-refractivity contribution >= 4 is 22.4 Å². The van der Waals surface area contributed by atoms with Gasteiger partial charge in [-0.05, 0) is 98.7 Å². The average molecular weight is 641 g/mol. The van der Waals surface area contributed by atoms with Crippen molar-refractivity contribution in [2.75, 3.05) is 0 Å². The number of allylic oxidation sites excluding steroid dienone is 3. The van der Waals surface area contributed by atoms with Crippen molar-refractivity contribution in [3.63, 3.8) is 0 Å². The van der Waals surface area contributed by atoms with Crippen molar-refractivity contribution in [2.45, 2.75) is 37.7 Å². The first-order chi connectivity index (χ1) is 23.8. The molecule has 2 aliphatic carbocycles. The van der Waals surface area contributed by atoms with E-state index >= 15 is 4.39 Å². The van der Waals surface area contributed by atoms with Crippen LogP contribution in [0.3, 0.4) is 0 Å². The molecule has 6 aromatic carbocycles. The van der Waals surface area contributed by atoms with E-state index in [9.17, 15) is 4.39 Å². The lowest BCUT2D eigenvalue weighted by Crippen LogP contribution is -2.36. The highest BCUT2D eigenvalue weighted by molar-refractivity contribution is 6.08. The molecule has 1 nitrogen and oxygen atoms in total. The number of benzene rings is 6. The maximum atomic E-state index is 15.1. The van der Waals surface area contributed by atoms with Gasteiger partial charge in [0.05, 0.1) is 0 Å². The maximum Gasteiger partial charge on any atom is 0.174 e. The maximum absolute atomic E-state index is 15.1. The minimum absolute atomic E-state index is 0.262. The molecule has 1 atom stereocenters. The highest BCUT2D eigenvalue weighted by Gasteiger charge is 2.45. The summed E-state index contributed by atoms with van der Waals surface area (Å²) in [6.45, 7) is 4.28. The second kappa shape index (κ2) is 11.0. The molecule has 0 saturated heterocycles. The summed E-state index contributed by atoms with van der Waals surface area (Å²) in [5.41, 5.74) is 10.6. The van der Waals surface area contributed by atoms with Crippen molar-refractivity contribution in [1.29, 1.82) is 0 Å². The summed E-state index contributed by atoms with van der Waals surface area (Å²) >= 11 is 0. The third-order valence-corrected chi connectivity index (χ3v) is 10.7.